The molecule has 7 rings (SSSR count). The standard InChI is InChI=1S/C26H32N6/c1-11-10-28-25-18-12(2)23-19(13(3)22(18)30-20(11)25)26-24(32-23)14(4)21(31-26)17-8-7-16(29-17)15-6-5-9-27-15/h6-8,11,14,19,21,23,27-32H,5,9-10H2,1-4H3. The van der Waals surface area contributed by atoms with Crippen molar-refractivity contribution < 1.29 is 0 Å². The topological polar surface area (TPSA) is 79.7 Å². The van der Waals surface area contributed by atoms with Gasteiger partial charge in [-0.1, -0.05) is 19.9 Å². The lowest BCUT2D eigenvalue weighted by atomic mass is 9.83. The Morgan fingerprint density at radius 1 is 0.906 bits per heavy atom. The van der Waals surface area contributed by atoms with E-state index in [-0.39, 0.29) is 6.04 Å². The van der Waals surface area contributed by atoms with Gasteiger partial charge in [0, 0.05) is 64.2 Å². The van der Waals surface area contributed by atoms with Gasteiger partial charge in [-0.3, -0.25) is 0 Å². The van der Waals surface area contributed by atoms with E-state index in [0.29, 0.717) is 23.8 Å². The minimum absolute atomic E-state index is 0.272. The number of rotatable bonds is 2. The molecule has 0 amide bonds. The van der Waals surface area contributed by atoms with E-state index in [4.69, 9.17) is 0 Å². The molecule has 5 aliphatic rings. The molecule has 0 radical (unpaired) electrons. The molecule has 0 saturated carbocycles. The molecule has 166 valence electrons. The summed E-state index contributed by atoms with van der Waals surface area (Å²) in [6, 6.07) is 5.08. The second-order valence-electron chi connectivity index (χ2n) is 10.3. The zero-order valence-corrected chi connectivity index (χ0v) is 19.2. The van der Waals surface area contributed by atoms with Gasteiger partial charge in [-0.25, -0.2) is 0 Å². The third kappa shape index (κ3) is 2.25. The first-order valence-corrected chi connectivity index (χ1v) is 12.1. The van der Waals surface area contributed by atoms with Crippen molar-refractivity contribution in [3.05, 3.63) is 57.3 Å². The van der Waals surface area contributed by atoms with Gasteiger partial charge in [-0.05, 0) is 43.5 Å². The number of hydrogen-bond donors (Lipinski definition) is 6. The average molecular weight is 429 g/mol. The molecule has 2 aromatic heterocycles. The SMILES string of the molecule is CC1=c2[nH]c3c(c2=C(C)C2NC4=C(NC(c5ccc(C6=CCCN6)[nH]5)C4C)C12)NCC3C. The van der Waals surface area contributed by atoms with E-state index in [0.717, 1.165) is 19.5 Å². The van der Waals surface area contributed by atoms with Gasteiger partial charge in [0.2, 0.25) is 0 Å². The number of H-pyrrole nitrogens is 2. The molecule has 0 aromatic carbocycles. The van der Waals surface area contributed by atoms with E-state index < -0.39 is 0 Å². The summed E-state index contributed by atoms with van der Waals surface area (Å²) in [6.45, 7) is 11.4. The molecular formula is C26H32N6. The van der Waals surface area contributed by atoms with Crippen LogP contribution in [0.15, 0.2) is 29.6 Å². The van der Waals surface area contributed by atoms with Crippen molar-refractivity contribution in [3.63, 3.8) is 0 Å². The quantitative estimate of drug-likeness (QED) is 0.444. The number of aromatic amines is 2. The predicted octanol–water partition coefficient (Wildman–Crippen LogP) is 2.34. The third-order valence-corrected chi connectivity index (χ3v) is 8.48. The fraction of sp³-hybridized carbons (Fsp3) is 0.462. The van der Waals surface area contributed by atoms with Crippen molar-refractivity contribution in [1.82, 2.24) is 25.9 Å². The maximum atomic E-state index is 3.96. The Hall–Kier alpha value is -3.02. The minimum atomic E-state index is 0.272. The minimum Gasteiger partial charge on any atom is -0.383 e. The zero-order chi connectivity index (χ0) is 21.7. The molecule has 0 saturated heterocycles. The molecule has 0 fully saturated rings. The van der Waals surface area contributed by atoms with Crippen LogP contribution in [0.25, 0.3) is 16.8 Å². The number of nitrogens with one attached hydrogen (secondary N) is 6. The highest BCUT2D eigenvalue weighted by Crippen LogP contribution is 2.46. The molecule has 6 nitrogen and oxygen atoms in total. The fourth-order valence-electron chi connectivity index (χ4n) is 6.72. The van der Waals surface area contributed by atoms with Gasteiger partial charge in [0.25, 0.3) is 0 Å². The molecule has 0 bridgehead atoms. The molecular weight excluding hydrogens is 396 g/mol. The van der Waals surface area contributed by atoms with E-state index in [9.17, 15) is 0 Å². The monoisotopic (exact) mass is 428 g/mol. The lowest BCUT2D eigenvalue weighted by Gasteiger charge is -2.31. The van der Waals surface area contributed by atoms with Crippen LogP contribution in [0.4, 0.5) is 5.69 Å². The number of hydrogen-bond acceptors (Lipinski definition) is 4. The zero-order valence-electron chi connectivity index (χ0n) is 19.2. The van der Waals surface area contributed by atoms with E-state index >= 15 is 0 Å². The Morgan fingerprint density at radius 2 is 1.75 bits per heavy atom. The van der Waals surface area contributed by atoms with Crippen LogP contribution in [0.2, 0.25) is 0 Å². The first-order chi connectivity index (χ1) is 15.5. The van der Waals surface area contributed by atoms with Crippen molar-refractivity contribution in [3.8, 4) is 0 Å². The molecule has 1 aliphatic carbocycles. The Labute approximate surface area is 188 Å². The lowest BCUT2D eigenvalue weighted by Crippen LogP contribution is -2.46. The maximum absolute atomic E-state index is 3.96. The summed E-state index contributed by atoms with van der Waals surface area (Å²) in [4.78, 5) is 7.49. The molecule has 4 aliphatic heterocycles. The highest BCUT2D eigenvalue weighted by atomic mass is 15.1. The van der Waals surface area contributed by atoms with E-state index in [2.05, 4.69) is 77.1 Å². The summed E-state index contributed by atoms with van der Waals surface area (Å²) in [7, 11) is 0. The predicted molar refractivity (Wildman–Crippen MR) is 129 cm³/mol. The molecule has 6 heterocycles. The van der Waals surface area contributed by atoms with Crippen LogP contribution in [-0.4, -0.2) is 29.1 Å². The Kier molecular flexibility index (Phi) is 3.63. The van der Waals surface area contributed by atoms with Crippen LogP contribution >= 0.6 is 0 Å². The van der Waals surface area contributed by atoms with E-state index in [1.54, 1.807) is 0 Å². The van der Waals surface area contributed by atoms with Crippen molar-refractivity contribution in [2.75, 3.05) is 18.4 Å². The van der Waals surface area contributed by atoms with Gasteiger partial charge in [-0.15, -0.1) is 0 Å². The molecule has 6 N–H and O–H groups in total. The van der Waals surface area contributed by atoms with Gasteiger partial charge in [0.15, 0.2) is 0 Å². The van der Waals surface area contributed by atoms with Crippen LogP contribution in [0.5, 0.6) is 0 Å². The maximum Gasteiger partial charge on any atom is 0.0741 e. The lowest BCUT2D eigenvalue weighted by molar-refractivity contribution is 0.447. The molecule has 5 atom stereocenters. The number of fused-ring (bicyclic) bond motifs is 5. The van der Waals surface area contributed by atoms with Gasteiger partial charge in [0.05, 0.1) is 29.2 Å². The summed E-state index contributed by atoms with van der Waals surface area (Å²) in [5, 5.41) is 17.8. The van der Waals surface area contributed by atoms with Gasteiger partial charge in [-0.2, -0.15) is 0 Å². The summed E-state index contributed by atoms with van der Waals surface area (Å²) in [5.41, 5.74) is 12.1. The van der Waals surface area contributed by atoms with E-state index in [1.807, 2.05) is 0 Å². The van der Waals surface area contributed by atoms with Crippen LogP contribution in [0, 0.1) is 11.8 Å². The van der Waals surface area contributed by atoms with Gasteiger partial charge >= 0.3 is 0 Å². The molecule has 0 spiro atoms. The second-order valence-corrected chi connectivity index (χ2v) is 10.3. The van der Waals surface area contributed by atoms with Crippen molar-refractivity contribution >= 4 is 22.5 Å². The van der Waals surface area contributed by atoms with Crippen LogP contribution in [-0.2, 0) is 0 Å². The Bertz CT molecular complexity index is 1330. The smallest absolute Gasteiger partial charge is 0.0741 e. The summed E-state index contributed by atoms with van der Waals surface area (Å²) in [6.07, 6.45) is 3.39. The van der Waals surface area contributed by atoms with Crippen molar-refractivity contribution in [2.45, 2.75) is 52.1 Å². The third-order valence-electron chi connectivity index (χ3n) is 8.48. The summed E-state index contributed by atoms with van der Waals surface area (Å²) < 4.78 is 0. The Balaban J connectivity index is 1.25. The summed E-state index contributed by atoms with van der Waals surface area (Å²) >= 11 is 0. The van der Waals surface area contributed by atoms with Crippen molar-refractivity contribution in [1.29, 1.82) is 0 Å². The molecule has 5 unspecified atom stereocenters. The summed E-state index contributed by atoms with van der Waals surface area (Å²) in [5.74, 6) is 1.31. The highest BCUT2D eigenvalue weighted by Gasteiger charge is 2.47. The molecule has 2 aromatic rings. The fourth-order valence-corrected chi connectivity index (χ4v) is 6.72. The first-order valence-electron chi connectivity index (χ1n) is 12.1. The van der Waals surface area contributed by atoms with Gasteiger partial charge in [0.1, 0.15) is 0 Å². The highest BCUT2D eigenvalue weighted by molar-refractivity contribution is 5.74. The number of aromatic nitrogens is 2. The van der Waals surface area contributed by atoms with Crippen LogP contribution in [0.1, 0.15) is 63.2 Å². The number of anilines is 1. The largest absolute Gasteiger partial charge is 0.383 e. The molecule has 32 heavy (non-hydrogen) atoms. The average Bonchev–Trinajstić information content (AvgIpc) is 3.58. The van der Waals surface area contributed by atoms with Crippen LogP contribution in [0.3, 0.4) is 0 Å². The van der Waals surface area contributed by atoms with Crippen molar-refractivity contribution in [2.24, 2.45) is 11.8 Å². The Morgan fingerprint density at radius 3 is 2.56 bits per heavy atom. The second kappa shape index (κ2) is 6.27. The van der Waals surface area contributed by atoms with Crippen LogP contribution < -0.4 is 31.8 Å². The van der Waals surface area contributed by atoms with Gasteiger partial charge < -0.3 is 31.2 Å². The normalized spacial score (nSPS) is 32.0. The first kappa shape index (κ1) is 18.5. The van der Waals surface area contributed by atoms with E-state index in [1.165, 1.54) is 61.6 Å². The molecule has 6 heteroatoms.